The van der Waals surface area contributed by atoms with Crippen LogP contribution in [0.15, 0.2) is 16.3 Å². The summed E-state index contributed by atoms with van der Waals surface area (Å²) < 4.78 is 27.4. The van der Waals surface area contributed by atoms with Crippen molar-refractivity contribution >= 4 is 21.4 Å². The summed E-state index contributed by atoms with van der Waals surface area (Å²) in [6, 6.07) is 3.71. The van der Waals surface area contributed by atoms with Gasteiger partial charge in [-0.2, -0.15) is 0 Å². The third-order valence-electron chi connectivity index (χ3n) is 3.08. The first-order valence-electron chi connectivity index (χ1n) is 6.82. The SMILES string of the molecule is CCCNCc1ccc(S(=O)(=O)NCC(C)N(C)C)s1. The highest BCUT2D eigenvalue weighted by Crippen LogP contribution is 2.21. The maximum atomic E-state index is 12.2. The predicted molar refractivity (Wildman–Crippen MR) is 84.7 cm³/mol. The lowest BCUT2D eigenvalue weighted by molar-refractivity contribution is 0.314. The van der Waals surface area contributed by atoms with Crippen molar-refractivity contribution in [3.63, 3.8) is 0 Å². The van der Waals surface area contributed by atoms with E-state index >= 15 is 0 Å². The molecule has 0 aliphatic carbocycles. The molecule has 1 unspecified atom stereocenters. The molecule has 7 heteroatoms. The van der Waals surface area contributed by atoms with Crippen LogP contribution < -0.4 is 10.0 Å². The van der Waals surface area contributed by atoms with Gasteiger partial charge >= 0.3 is 0 Å². The van der Waals surface area contributed by atoms with Crippen LogP contribution in [0.25, 0.3) is 0 Å². The zero-order chi connectivity index (χ0) is 15.2. The standard InChI is InChI=1S/C13H25N3O2S2/c1-5-8-14-10-12-6-7-13(19-12)20(17,18)15-9-11(2)16(3)4/h6-7,11,14-15H,5,8-10H2,1-4H3. The van der Waals surface area contributed by atoms with Crippen molar-refractivity contribution in [2.45, 2.75) is 37.1 Å². The lowest BCUT2D eigenvalue weighted by Gasteiger charge is -2.19. The third kappa shape index (κ3) is 5.49. The van der Waals surface area contributed by atoms with Crippen molar-refractivity contribution in [2.24, 2.45) is 0 Å². The minimum atomic E-state index is -3.38. The number of likely N-dealkylation sites (N-methyl/N-ethyl adjacent to an activating group) is 1. The van der Waals surface area contributed by atoms with Gasteiger partial charge in [0.05, 0.1) is 0 Å². The topological polar surface area (TPSA) is 61.4 Å². The molecule has 1 aromatic rings. The maximum Gasteiger partial charge on any atom is 0.250 e. The van der Waals surface area contributed by atoms with Gasteiger partial charge in [0, 0.05) is 24.0 Å². The average Bonchev–Trinajstić information content (AvgIpc) is 2.86. The summed E-state index contributed by atoms with van der Waals surface area (Å²) in [7, 11) is 0.480. The summed E-state index contributed by atoms with van der Waals surface area (Å²) >= 11 is 1.32. The summed E-state index contributed by atoms with van der Waals surface area (Å²) in [4.78, 5) is 3.02. The highest BCUT2D eigenvalue weighted by molar-refractivity contribution is 7.91. The van der Waals surface area contributed by atoms with E-state index < -0.39 is 10.0 Å². The number of thiophene rings is 1. The third-order valence-corrected chi connectivity index (χ3v) is 6.08. The molecule has 0 aromatic carbocycles. The number of rotatable bonds is 9. The number of nitrogens with zero attached hydrogens (tertiary/aromatic N) is 1. The Bertz CT molecular complexity index is 497. The van der Waals surface area contributed by atoms with Gasteiger partial charge < -0.3 is 10.2 Å². The van der Waals surface area contributed by atoms with Crippen molar-refractivity contribution in [3.05, 3.63) is 17.0 Å². The van der Waals surface area contributed by atoms with E-state index in [0.29, 0.717) is 10.8 Å². The van der Waals surface area contributed by atoms with Crippen LogP contribution in [0.2, 0.25) is 0 Å². The summed E-state index contributed by atoms with van der Waals surface area (Å²) in [5.74, 6) is 0. The largest absolute Gasteiger partial charge is 0.312 e. The van der Waals surface area contributed by atoms with Crippen LogP contribution in [0.1, 0.15) is 25.1 Å². The van der Waals surface area contributed by atoms with E-state index in [1.807, 2.05) is 32.0 Å². The molecular formula is C13H25N3O2S2. The number of sulfonamides is 1. The molecule has 0 saturated heterocycles. The van der Waals surface area contributed by atoms with Crippen molar-refractivity contribution in [3.8, 4) is 0 Å². The van der Waals surface area contributed by atoms with Crippen LogP contribution in [-0.4, -0.2) is 46.5 Å². The maximum absolute atomic E-state index is 12.2. The molecule has 0 fully saturated rings. The molecule has 1 aromatic heterocycles. The summed E-state index contributed by atoms with van der Waals surface area (Å²) in [5, 5.41) is 3.27. The normalized spacial score (nSPS) is 13.8. The molecule has 2 N–H and O–H groups in total. The van der Waals surface area contributed by atoms with E-state index in [4.69, 9.17) is 0 Å². The van der Waals surface area contributed by atoms with E-state index in [1.54, 1.807) is 6.07 Å². The average molecular weight is 319 g/mol. The van der Waals surface area contributed by atoms with Gasteiger partial charge in [0.15, 0.2) is 0 Å². The van der Waals surface area contributed by atoms with Crippen LogP contribution in [0.5, 0.6) is 0 Å². The fraction of sp³-hybridized carbons (Fsp3) is 0.692. The fourth-order valence-electron chi connectivity index (χ4n) is 1.47. The van der Waals surface area contributed by atoms with Crippen LogP contribution in [0, 0.1) is 0 Å². The van der Waals surface area contributed by atoms with Crippen molar-refractivity contribution in [1.29, 1.82) is 0 Å². The lowest BCUT2D eigenvalue weighted by Crippen LogP contribution is -2.37. The second-order valence-corrected chi connectivity index (χ2v) is 8.22. The van der Waals surface area contributed by atoms with Gasteiger partial charge in [-0.1, -0.05) is 6.92 Å². The number of hydrogen-bond donors (Lipinski definition) is 2. The van der Waals surface area contributed by atoms with E-state index in [0.717, 1.165) is 24.4 Å². The van der Waals surface area contributed by atoms with Gasteiger partial charge in [-0.25, -0.2) is 13.1 Å². The van der Waals surface area contributed by atoms with Gasteiger partial charge in [-0.05, 0) is 46.1 Å². The second kappa shape index (κ2) is 8.09. The van der Waals surface area contributed by atoms with Crippen LogP contribution in [0.3, 0.4) is 0 Å². The Hall–Kier alpha value is -0.470. The molecule has 1 heterocycles. The highest BCUT2D eigenvalue weighted by Gasteiger charge is 2.18. The smallest absolute Gasteiger partial charge is 0.250 e. The zero-order valence-corrected chi connectivity index (χ0v) is 14.3. The molecule has 0 aliphatic heterocycles. The molecule has 0 aliphatic rings. The fourth-order valence-corrected chi connectivity index (χ4v) is 3.96. The molecule has 0 bridgehead atoms. The summed E-state index contributed by atoms with van der Waals surface area (Å²) in [6.07, 6.45) is 1.07. The quantitative estimate of drug-likeness (QED) is 0.677. The van der Waals surface area contributed by atoms with E-state index in [-0.39, 0.29) is 6.04 Å². The van der Waals surface area contributed by atoms with Gasteiger partial charge in [0.25, 0.3) is 0 Å². The predicted octanol–water partition coefficient (Wildman–Crippen LogP) is 1.48. The summed E-state index contributed by atoms with van der Waals surface area (Å²) in [5.41, 5.74) is 0. The summed E-state index contributed by atoms with van der Waals surface area (Å²) in [6.45, 7) is 6.17. The Morgan fingerprint density at radius 3 is 2.65 bits per heavy atom. The van der Waals surface area contributed by atoms with Crippen LogP contribution >= 0.6 is 11.3 Å². The first kappa shape index (κ1) is 17.6. The van der Waals surface area contributed by atoms with E-state index in [1.165, 1.54) is 11.3 Å². The van der Waals surface area contributed by atoms with Crippen LogP contribution in [0.4, 0.5) is 0 Å². The minimum absolute atomic E-state index is 0.162. The molecule has 0 amide bonds. The molecule has 0 spiro atoms. The Kier molecular flexibility index (Phi) is 7.11. The first-order valence-corrected chi connectivity index (χ1v) is 9.12. The lowest BCUT2D eigenvalue weighted by atomic mass is 10.3. The van der Waals surface area contributed by atoms with Gasteiger partial charge in [-0.3, -0.25) is 0 Å². The van der Waals surface area contributed by atoms with Gasteiger partial charge in [0.1, 0.15) is 4.21 Å². The number of nitrogens with one attached hydrogen (secondary N) is 2. The Morgan fingerprint density at radius 1 is 1.35 bits per heavy atom. The molecule has 1 rings (SSSR count). The first-order chi connectivity index (χ1) is 9.36. The Morgan fingerprint density at radius 2 is 2.05 bits per heavy atom. The molecule has 116 valence electrons. The monoisotopic (exact) mass is 319 g/mol. The molecule has 0 radical (unpaired) electrons. The Balaban J connectivity index is 2.59. The second-order valence-electron chi connectivity index (χ2n) is 5.06. The molecule has 1 atom stereocenters. The van der Waals surface area contributed by atoms with Crippen molar-refractivity contribution in [2.75, 3.05) is 27.2 Å². The van der Waals surface area contributed by atoms with Gasteiger partial charge in [-0.15, -0.1) is 11.3 Å². The molecule has 20 heavy (non-hydrogen) atoms. The zero-order valence-electron chi connectivity index (χ0n) is 12.6. The van der Waals surface area contributed by atoms with Crippen molar-refractivity contribution in [1.82, 2.24) is 14.9 Å². The van der Waals surface area contributed by atoms with E-state index in [2.05, 4.69) is 17.0 Å². The molecular weight excluding hydrogens is 294 g/mol. The van der Waals surface area contributed by atoms with Gasteiger partial charge in [0.2, 0.25) is 10.0 Å². The number of hydrogen-bond acceptors (Lipinski definition) is 5. The Labute approximate surface area is 126 Å². The van der Waals surface area contributed by atoms with E-state index in [9.17, 15) is 8.42 Å². The highest BCUT2D eigenvalue weighted by atomic mass is 32.2. The molecule has 0 saturated carbocycles. The molecule has 5 nitrogen and oxygen atoms in total. The van der Waals surface area contributed by atoms with Crippen molar-refractivity contribution < 1.29 is 8.42 Å². The van der Waals surface area contributed by atoms with Crippen LogP contribution in [-0.2, 0) is 16.6 Å². The minimum Gasteiger partial charge on any atom is -0.312 e.